The number of rotatable bonds is 8. The Labute approximate surface area is 192 Å². The predicted octanol–water partition coefficient (Wildman–Crippen LogP) is 3.17. The summed E-state index contributed by atoms with van der Waals surface area (Å²) in [6.07, 6.45) is 0. The van der Waals surface area contributed by atoms with Crippen LogP contribution in [0.2, 0.25) is 0 Å². The molecule has 1 fully saturated rings. The van der Waals surface area contributed by atoms with Crippen molar-refractivity contribution in [3.05, 3.63) is 54.1 Å². The third-order valence-electron chi connectivity index (χ3n) is 6.14. The number of piperazine rings is 1. The monoisotopic (exact) mass is 458 g/mol. The lowest BCUT2D eigenvalue weighted by atomic mass is 10.2. The van der Waals surface area contributed by atoms with Crippen LogP contribution in [0.25, 0.3) is 0 Å². The first-order chi connectivity index (χ1) is 15.3. The molecule has 174 valence electrons. The van der Waals surface area contributed by atoms with Gasteiger partial charge in [-0.3, -0.25) is 9.69 Å². The van der Waals surface area contributed by atoms with Gasteiger partial charge in [0.25, 0.3) is 0 Å². The van der Waals surface area contributed by atoms with E-state index < -0.39 is 10.0 Å². The average Bonchev–Trinajstić information content (AvgIpc) is 2.81. The van der Waals surface area contributed by atoms with E-state index in [2.05, 4.69) is 27.2 Å². The number of nitrogens with zero attached hydrogens (tertiary/aromatic N) is 3. The molecule has 1 aliphatic heterocycles. The van der Waals surface area contributed by atoms with Crippen molar-refractivity contribution in [3.8, 4) is 0 Å². The lowest BCUT2D eigenvalue weighted by Crippen LogP contribution is -2.52. The van der Waals surface area contributed by atoms with E-state index in [4.69, 9.17) is 0 Å². The molecule has 32 heavy (non-hydrogen) atoms. The molecule has 0 bridgehead atoms. The lowest BCUT2D eigenvalue weighted by Gasteiger charge is -2.38. The van der Waals surface area contributed by atoms with E-state index in [1.165, 1.54) is 9.99 Å². The van der Waals surface area contributed by atoms with E-state index >= 15 is 0 Å². The van der Waals surface area contributed by atoms with Gasteiger partial charge in [0.05, 0.1) is 10.9 Å². The highest BCUT2D eigenvalue weighted by atomic mass is 32.2. The largest absolute Gasteiger partial charge is 0.369 e. The molecule has 1 saturated heterocycles. The second kappa shape index (κ2) is 10.5. The topological polar surface area (TPSA) is 73.0 Å². The summed E-state index contributed by atoms with van der Waals surface area (Å²) in [4.78, 5) is 17.7. The zero-order valence-corrected chi connectivity index (χ0v) is 20.2. The minimum absolute atomic E-state index is 0.131. The molecule has 0 unspecified atom stereocenters. The van der Waals surface area contributed by atoms with E-state index in [0.717, 1.165) is 26.2 Å². The molecule has 1 heterocycles. The van der Waals surface area contributed by atoms with Crippen molar-refractivity contribution in [1.82, 2.24) is 9.21 Å². The molecule has 0 radical (unpaired) electrons. The van der Waals surface area contributed by atoms with Crippen LogP contribution in [0, 0.1) is 6.92 Å². The van der Waals surface area contributed by atoms with Gasteiger partial charge in [0.2, 0.25) is 15.9 Å². The molecule has 7 nitrogen and oxygen atoms in total. The number of nitrogens with one attached hydrogen (secondary N) is 1. The molecular weight excluding hydrogens is 424 g/mol. The van der Waals surface area contributed by atoms with E-state index in [9.17, 15) is 13.2 Å². The number of sulfonamides is 1. The van der Waals surface area contributed by atoms with Gasteiger partial charge in [-0.25, -0.2) is 8.42 Å². The molecular formula is C24H34N4O3S. The minimum Gasteiger partial charge on any atom is -0.369 e. The predicted molar refractivity (Wildman–Crippen MR) is 130 cm³/mol. The van der Waals surface area contributed by atoms with Crippen molar-refractivity contribution in [2.75, 3.05) is 49.5 Å². The summed E-state index contributed by atoms with van der Waals surface area (Å²) >= 11 is 0. The van der Waals surface area contributed by atoms with Gasteiger partial charge in [-0.1, -0.05) is 38.1 Å². The highest BCUT2D eigenvalue weighted by Gasteiger charge is 2.27. The summed E-state index contributed by atoms with van der Waals surface area (Å²) in [7, 11) is -3.60. The Morgan fingerprint density at radius 1 is 1.03 bits per heavy atom. The average molecular weight is 459 g/mol. The summed E-state index contributed by atoms with van der Waals surface area (Å²) < 4.78 is 27.4. The van der Waals surface area contributed by atoms with Crippen LogP contribution in [0.1, 0.15) is 26.3 Å². The van der Waals surface area contributed by atoms with Crippen LogP contribution in [0.4, 0.5) is 11.4 Å². The minimum atomic E-state index is -3.60. The standard InChI is InChI=1S/C24H34N4O3S/c1-5-28(6-2)32(30,31)23-18-21(13-12-19(23)3)25-24(29)20(4)26-14-16-27(17-15-26)22-10-8-7-9-11-22/h7-13,18,20H,5-6,14-17H2,1-4H3,(H,25,29)/t20-/m0/s1. The van der Waals surface area contributed by atoms with Gasteiger partial charge in [-0.05, 0) is 43.7 Å². The number of para-hydroxylation sites is 1. The summed E-state index contributed by atoms with van der Waals surface area (Å²) in [6.45, 7) is 11.4. The molecule has 8 heteroatoms. The lowest BCUT2D eigenvalue weighted by molar-refractivity contribution is -0.120. The quantitative estimate of drug-likeness (QED) is 0.658. The van der Waals surface area contributed by atoms with Crippen molar-refractivity contribution in [3.63, 3.8) is 0 Å². The number of carbonyl (C=O) groups excluding carboxylic acids is 1. The Morgan fingerprint density at radius 2 is 1.66 bits per heavy atom. The third kappa shape index (κ3) is 5.31. The van der Waals surface area contributed by atoms with Gasteiger partial charge in [-0.15, -0.1) is 0 Å². The maximum absolute atomic E-state index is 13.0. The van der Waals surface area contributed by atoms with Crippen molar-refractivity contribution >= 4 is 27.3 Å². The van der Waals surface area contributed by atoms with Gasteiger partial charge < -0.3 is 10.2 Å². The summed E-state index contributed by atoms with van der Waals surface area (Å²) in [6, 6.07) is 15.1. The van der Waals surface area contributed by atoms with Crippen LogP contribution in [0.15, 0.2) is 53.4 Å². The molecule has 0 aliphatic carbocycles. The summed E-state index contributed by atoms with van der Waals surface area (Å²) in [5.41, 5.74) is 2.37. The van der Waals surface area contributed by atoms with Crippen LogP contribution in [-0.4, -0.2) is 68.8 Å². The zero-order valence-electron chi connectivity index (χ0n) is 19.4. The van der Waals surface area contributed by atoms with E-state index in [0.29, 0.717) is 24.3 Å². The highest BCUT2D eigenvalue weighted by molar-refractivity contribution is 7.89. The molecule has 0 saturated carbocycles. The van der Waals surface area contributed by atoms with Crippen LogP contribution in [-0.2, 0) is 14.8 Å². The van der Waals surface area contributed by atoms with Crippen molar-refractivity contribution in [2.45, 2.75) is 38.6 Å². The number of benzene rings is 2. The fraction of sp³-hybridized carbons (Fsp3) is 0.458. The SMILES string of the molecule is CCN(CC)S(=O)(=O)c1cc(NC(=O)[C@H](C)N2CCN(c3ccccc3)CC2)ccc1C. The first-order valence-electron chi connectivity index (χ1n) is 11.2. The number of carbonyl (C=O) groups is 1. The molecule has 1 amide bonds. The zero-order chi connectivity index (χ0) is 23.3. The summed E-state index contributed by atoms with van der Waals surface area (Å²) in [5.74, 6) is -0.131. The molecule has 1 aliphatic rings. The van der Waals surface area contributed by atoms with Crippen LogP contribution < -0.4 is 10.2 Å². The first-order valence-corrected chi connectivity index (χ1v) is 12.7. The third-order valence-corrected chi connectivity index (χ3v) is 8.33. The van der Waals surface area contributed by atoms with E-state index in [1.807, 2.05) is 39.0 Å². The Bertz CT molecular complexity index is 1010. The van der Waals surface area contributed by atoms with Crippen molar-refractivity contribution < 1.29 is 13.2 Å². The first kappa shape index (κ1) is 24.2. The van der Waals surface area contributed by atoms with Crippen LogP contribution in [0.3, 0.4) is 0 Å². The Kier molecular flexibility index (Phi) is 7.92. The molecule has 2 aromatic carbocycles. The van der Waals surface area contributed by atoms with Gasteiger partial charge >= 0.3 is 0 Å². The number of anilines is 2. The number of hydrogen-bond acceptors (Lipinski definition) is 5. The van der Waals surface area contributed by atoms with E-state index in [1.54, 1.807) is 25.1 Å². The van der Waals surface area contributed by atoms with Gasteiger partial charge in [-0.2, -0.15) is 4.31 Å². The fourth-order valence-corrected chi connectivity index (χ4v) is 5.79. The Balaban J connectivity index is 1.66. The molecule has 1 N–H and O–H groups in total. The maximum Gasteiger partial charge on any atom is 0.243 e. The second-order valence-corrected chi connectivity index (χ2v) is 10.00. The van der Waals surface area contributed by atoms with Gasteiger partial charge in [0.1, 0.15) is 0 Å². The normalized spacial score (nSPS) is 16.2. The summed E-state index contributed by atoms with van der Waals surface area (Å²) in [5, 5.41) is 2.92. The van der Waals surface area contributed by atoms with Crippen molar-refractivity contribution in [1.29, 1.82) is 0 Å². The van der Waals surface area contributed by atoms with Gasteiger partial charge in [0.15, 0.2) is 0 Å². The molecule has 1 atom stereocenters. The van der Waals surface area contributed by atoms with Crippen LogP contribution in [0.5, 0.6) is 0 Å². The van der Waals surface area contributed by atoms with Crippen molar-refractivity contribution in [2.24, 2.45) is 0 Å². The smallest absolute Gasteiger partial charge is 0.243 e. The fourth-order valence-electron chi connectivity index (χ4n) is 4.08. The van der Waals surface area contributed by atoms with E-state index in [-0.39, 0.29) is 16.8 Å². The second-order valence-electron chi connectivity index (χ2n) is 8.09. The van der Waals surface area contributed by atoms with Crippen LogP contribution >= 0.6 is 0 Å². The Hall–Kier alpha value is -2.42. The Morgan fingerprint density at radius 3 is 2.25 bits per heavy atom. The molecule has 0 aromatic heterocycles. The number of hydrogen-bond donors (Lipinski definition) is 1. The highest BCUT2D eigenvalue weighted by Crippen LogP contribution is 2.24. The molecule has 3 rings (SSSR count). The van der Waals surface area contributed by atoms with Gasteiger partial charge in [0, 0.05) is 50.6 Å². The number of amides is 1. The molecule has 0 spiro atoms. The maximum atomic E-state index is 13.0. The number of aryl methyl sites for hydroxylation is 1. The molecule has 2 aromatic rings.